The predicted octanol–water partition coefficient (Wildman–Crippen LogP) is 4.82. The number of likely N-dealkylation sites (tertiary alicyclic amines) is 1. The van der Waals surface area contributed by atoms with Crippen molar-refractivity contribution < 1.29 is 14.7 Å². The zero-order valence-electron chi connectivity index (χ0n) is 18.0. The Kier molecular flexibility index (Phi) is 14.1. The summed E-state index contributed by atoms with van der Waals surface area (Å²) in [6.07, 6.45) is 2.64. The highest BCUT2D eigenvalue weighted by Crippen LogP contribution is 2.18. The molecular formula is C21H34N2O3S3. The van der Waals surface area contributed by atoms with Crippen LogP contribution in [0.15, 0.2) is 24.3 Å². The lowest BCUT2D eigenvalue weighted by Gasteiger charge is -2.18. The maximum absolute atomic E-state index is 11.8. The molecule has 2 N–H and O–H groups in total. The Morgan fingerprint density at radius 3 is 2.00 bits per heavy atom. The third kappa shape index (κ3) is 12.8. The fourth-order valence-electron chi connectivity index (χ4n) is 2.24. The average molecular weight is 459 g/mol. The number of hydrogen-bond donors (Lipinski definition) is 2. The molecule has 0 bridgehead atoms. The van der Waals surface area contributed by atoms with Crippen LogP contribution in [0.2, 0.25) is 0 Å². The SMILES string of the molecule is C=C(C)[C@H](C)CC(=O)N1CCCC1=S.C=C(C)[C@H](C)CC(=O)O.S=C1NCCS1. The van der Waals surface area contributed by atoms with Gasteiger partial charge in [-0.05, 0) is 32.1 Å². The second-order valence-electron chi connectivity index (χ2n) is 7.40. The summed E-state index contributed by atoms with van der Waals surface area (Å²) in [6.45, 7) is 17.0. The second-order valence-corrected chi connectivity index (χ2v) is 9.65. The van der Waals surface area contributed by atoms with Gasteiger partial charge in [0, 0.05) is 31.7 Å². The van der Waals surface area contributed by atoms with Crippen LogP contribution in [0, 0.1) is 11.8 Å². The van der Waals surface area contributed by atoms with Crippen molar-refractivity contribution in [2.75, 3.05) is 18.8 Å². The van der Waals surface area contributed by atoms with E-state index in [0.29, 0.717) is 6.42 Å². The Morgan fingerprint density at radius 1 is 1.17 bits per heavy atom. The van der Waals surface area contributed by atoms with Gasteiger partial charge in [-0.1, -0.05) is 74.3 Å². The molecule has 2 saturated heterocycles. The lowest BCUT2D eigenvalue weighted by molar-refractivity contribution is -0.137. The van der Waals surface area contributed by atoms with Crippen molar-refractivity contribution in [1.29, 1.82) is 0 Å². The molecule has 2 rings (SSSR count). The number of amides is 1. The minimum atomic E-state index is -0.759. The van der Waals surface area contributed by atoms with Gasteiger partial charge >= 0.3 is 5.97 Å². The van der Waals surface area contributed by atoms with Crippen LogP contribution in [0.25, 0.3) is 0 Å². The van der Waals surface area contributed by atoms with Gasteiger partial charge in [0.05, 0.1) is 11.4 Å². The van der Waals surface area contributed by atoms with Gasteiger partial charge in [0.2, 0.25) is 5.91 Å². The quantitative estimate of drug-likeness (QED) is 0.437. The van der Waals surface area contributed by atoms with Crippen LogP contribution in [0.5, 0.6) is 0 Å². The van der Waals surface area contributed by atoms with Crippen molar-refractivity contribution in [2.24, 2.45) is 11.8 Å². The third-order valence-electron chi connectivity index (χ3n) is 4.62. The first-order chi connectivity index (χ1) is 13.5. The Hall–Kier alpha value is -1.25. The van der Waals surface area contributed by atoms with Crippen LogP contribution in [-0.4, -0.2) is 50.0 Å². The molecule has 0 aromatic heterocycles. The smallest absolute Gasteiger partial charge is 0.303 e. The maximum atomic E-state index is 11.8. The van der Waals surface area contributed by atoms with E-state index in [0.717, 1.165) is 52.1 Å². The Bertz CT molecular complexity index is 627. The summed E-state index contributed by atoms with van der Waals surface area (Å²) in [4.78, 5) is 24.4. The number of aliphatic carboxylic acids is 1. The van der Waals surface area contributed by atoms with Gasteiger partial charge in [-0.25, -0.2) is 0 Å². The number of allylic oxidation sites excluding steroid dienone is 2. The summed E-state index contributed by atoms with van der Waals surface area (Å²) >= 11 is 11.6. The fourth-order valence-corrected chi connectivity index (χ4v) is 3.53. The molecule has 1 amide bonds. The molecule has 2 aliphatic rings. The molecule has 164 valence electrons. The van der Waals surface area contributed by atoms with Crippen molar-refractivity contribution in [3.8, 4) is 0 Å². The molecule has 29 heavy (non-hydrogen) atoms. The molecule has 2 atom stereocenters. The summed E-state index contributed by atoms with van der Waals surface area (Å²) in [5, 5.41) is 11.3. The zero-order valence-corrected chi connectivity index (χ0v) is 20.4. The summed E-state index contributed by atoms with van der Waals surface area (Å²) in [5.74, 6) is 0.903. The highest BCUT2D eigenvalue weighted by molar-refractivity contribution is 8.23. The number of hydrogen-bond acceptors (Lipinski definition) is 5. The number of nitrogens with zero attached hydrogens (tertiary/aromatic N) is 1. The lowest BCUT2D eigenvalue weighted by atomic mass is 10.00. The van der Waals surface area contributed by atoms with E-state index in [2.05, 4.69) is 18.5 Å². The van der Waals surface area contributed by atoms with Gasteiger partial charge < -0.3 is 15.3 Å². The summed E-state index contributed by atoms with van der Waals surface area (Å²) in [7, 11) is 0. The van der Waals surface area contributed by atoms with Gasteiger partial charge in [0.15, 0.2) is 0 Å². The highest BCUT2D eigenvalue weighted by atomic mass is 32.2. The average Bonchev–Trinajstić information content (AvgIpc) is 3.26. The number of carboxylic acid groups (broad SMARTS) is 1. The number of carbonyl (C=O) groups excluding carboxylic acids is 1. The molecule has 0 spiro atoms. The number of thiocarbonyl (C=S) groups is 2. The zero-order chi connectivity index (χ0) is 22.6. The van der Waals surface area contributed by atoms with Crippen LogP contribution in [-0.2, 0) is 9.59 Å². The van der Waals surface area contributed by atoms with Crippen LogP contribution < -0.4 is 5.32 Å². The topological polar surface area (TPSA) is 69.6 Å². The first-order valence-electron chi connectivity index (χ1n) is 9.72. The van der Waals surface area contributed by atoms with E-state index in [1.807, 2.05) is 27.7 Å². The van der Waals surface area contributed by atoms with Gasteiger partial charge in [-0.15, -0.1) is 0 Å². The van der Waals surface area contributed by atoms with Gasteiger partial charge in [-0.3, -0.25) is 9.59 Å². The van der Waals surface area contributed by atoms with Crippen molar-refractivity contribution in [1.82, 2.24) is 10.2 Å². The summed E-state index contributed by atoms with van der Waals surface area (Å²) < 4.78 is 0.954. The van der Waals surface area contributed by atoms with Crippen LogP contribution in [0.3, 0.4) is 0 Å². The Labute approximate surface area is 190 Å². The third-order valence-corrected chi connectivity index (χ3v) is 6.36. The van der Waals surface area contributed by atoms with E-state index >= 15 is 0 Å². The lowest BCUT2D eigenvalue weighted by Crippen LogP contribution is -2.31. The molecular weight excluding hydrogens is 424 g/mol. The number of nitrogens with one attached hydrogen (secondary N) is 1. The van der Waals surface area contributed by atoms with Gasteiger partial charge in [0.25, 0.3) is 0 Å². The van der Waals surface area contributed by atoms with Crippen LogP contribution in [0.1, 0.15) is 53.4 Å². The predicted molar refractivity (Wildman–Crippen MR) is 131 cm³/mol. The minimum absolute atomic E-state index is 0.0995. The second kappa shape index (κ2) is 14.7. The van der Waals surface area contributed by atoms with Crippen LogP contribution >= 0.6 is 36.2 Å². The number of carboxylic acids is 1. The van der Waals surface area contributed by atoms with E-state index in [4.69, 9.17) is 29.5 Å². The Balaban J connectivity index is 0.000000446. The first kappa shape index (κ1) is 27.8. The van der Waals surface area contributed by atoms with E-state index in [-0.39, 0.29) is 24.2 Å². The number of rotatable bonds is 6. The molecule has 0 aliphatic carbocycles. The number of carbonyl (C=O) groups is 2. The molecule has 0 saturated carbocycles. The van der Waals surface area contributed by atoms with E-state index in [1.54, 1.807) is 16.7 Å². The molecule has 8 heteroatoms. The monoisotopic (exact) mass is 458 g/mol. The van der Waals surface area contributed by atoms with Gasteiger partial charge in [-0.2, -0.15) is 0 Å². The first-order valence-corrected chi connectivity index (χ1v) is 11.5. The minimum Gasteiger partial charge on any atom is -0.481 e. The van der Waals surface area contributed by atoms with Gasteiger partial charge in [0.1, 0.15) is 4.32 Å². The number of thioether (sulfide) groups is 1. The highest BCUT2D eigenvalue weighted by Gasteiger charge is 2.24. The molecule has 0 unspecified atom stereocenters. The molecule has 0 aromatic carbocycles. The summed E-state index contributed by atoms with van der Waals surface area (Å²) in [6, 6.07) is 0. The van der Waals surface area contributed by atoms with Crippen molar-refractivity contribution in [3.05, 3.63) is 24.3 Å². The van der Waals surface area contributed by atoms with E-state index in [9.17, 15) is 9.59 Å². The summed E-state index contributed by atoms with van der Waals surface area (Å²) in [5.41, 5.74) is 1.99. The normalized spacial score (nSPS) is 17.2. The van der Waals surface area contributed by atoms with Crippen molar-refractivity contribution in [3.63, 3.8) is 0 Å². The molecule has 2 aliphatic heterocycles. The molecule has 2 fully saturated rings. The maximum Gasteiger partial charge on any atom is 0.303 e. The van der Waals surface area contributed by atoms with Crippen molar-refractivity contribution >= 4 is 57.4 Å². The molecule has 2 heterocycles. The molecule has 0 radical (unpaired) electrons. The molecule has 0 aromatic rings. The molecule has 5 nitrogen and oxygen atoms in total. The van der Waals surface area contributed by atoms with Crippen molar-refractivity contribution in [2.45, 2.75) is 53.4 Å². The van der Waals surface area contributed by atoms with Crippen LogP contribution in [0.4, 0.5) is 0 Å². The van der Waals surface area contributed by atoms with E-state index in [1.165, 1.54) is 0 Å². The standard InChI is InChI=1S/C11H17NOS.C7H12O2.C3H5NS2/c1-8(2)9(3)7-10(13)12-6-4-5-11(12)14;1-5(2)6(3)4-7(8)9;5-3-4-1-2-6-3/h9H,1,4-7H2,2-3H3;6H,1,4H2,2-3H3,(H,8,9);1-2H2,(H,4,5)/t9-;6-;/m11./s1. The fraction of sp³-hybridized carbons (Fsp3) is 0.619. The van der Waals surface area contributed by atoms with E-state index < -0.39 is 5.97 Å². The Morgan fingerprint density at radius 2 is 1.72 bits per heavy atom. The largest absolute Gasteiger partial charge is 0.481 e.